The Morgan fingerprint density at radius 2 is 2.19 bits per heavy atom. The number of H-pyrrole nitrogens is 1. The summed E-state index contributed by atoms with van der Waals surface area (Å²) in [5.74, 6) is -0.405. The van der Waals surface area contributed by atoms with Gasteiger partial charge in [-0.2, -0.15) is 0 Å². The van der Waals surface area contributed by atoms with Gasteiger partial charge in [-0.25, -0.2) is 4.39 Å². The zero-order chi connectivity index (χ0) is 11.3. The van der Waals surface area contributed by atoms with Gasteiger partial charge < -0.3 is 4.98 Å². The average Bonchev–Trinajstić information content (AvgIpc) is 3.04. The van der Waals surface area contributed by atoms with Crippen molar-refractivity contribution in [1.29, 1.82) is 0 Å². The first-order chi connectivity index (χ1) is 7.66. The van der Waals surface area contributed by atoms with Gasteiger partial charge in [0.1, 0.15) is 5.82 Å². The Morgan fingerprint density at radius 1 is 1.44 bits per heavy atom. The van der Waals surface area contributed by atoms with Crippen molar-refractivity contribution in [2.45, 2.75) is 18.9 Å². The van der Waals surface area contributed by atoms with Crippen molar-refractivity contribution in [2.24, 2.45) is 0 Å². The van der Waals surface area contributed by atoms with Crippen molar-refractivity contribution >= 4 is 23.1 Å². The molecule has 0 spiro atoms. The molecule has 0 unspecified atom stereocenters. The van der Waals surface area contributed by atoms with Crippen LogP contribution in [0.25, 0.3) is 10.9 Å². The molecule has 1 saturated carbocycles. The Labute approximate surface area is 95.5 Å². The van der Waals surface area contributed by atoms with Gasteiger partial charge in [0.2, 0.25) is 0 Å². The minimum Gasteiger partial charge on any atom is -0.332 e. The molecule has 1 fully saturated rings. The van der Waals surface area contributed by atoms with Crippen LogP contribution in [-0.4, -0.2) is 9.55 Å². The molecule has 16 heavy (non-hydrogen) atoms. The fraction of sp³-hybridized carbons (Fsp3) is 0.273. The van der Waals surface area contributed by atoms with Crippen LogP contribution in [-0.2, 0) is 0 Å². The normalized spacial score (nSPS) is 15.6. The number of fused-ring (bicyclic) bond motifs is 1. The van der Waals surface area contributed by atoms with E-state index in [1.165, 1.54) is 12.1 Å². The number of aromatic nitrogens is 2. The van der Waals surface area contributed by atoms with Crippen LogP contribution < -0.4 is 5.56 Å². The highest BCUT2D eigenvalue weighted by atomic mass is 32.1. The Bertz CT molecular complexity index is 684. The second-order valence-corrected chi connectivity index (χ2v) is 4.41. The maximum absolute atomic E-state index is 13.1. The third-order valence-corrected chi connectivity index (χ3v) is 3.10. The van der Waals surface area contributed by atoms with E-state index in [1.54, 1.807) is 10.6 Å². The van der Waals surface area contributed by atoms with Crippen LogP contribution in [0.5, 0.6) is 0 Å². The summed E-state index contributed by atoms with van der Waals surface area (Å²) in [7, 11) is 0. The molecule has 1 aliphatic rings. The summed E-state index contributed by atoms with van der Waals surface area (Å²) in [6.45, 7) is 0. The zero-order valence-electron chi connectivity index (χ0n) is 8.37. The minimum atomic E-state index is -0.405. The van der Waals surface area contributed by atoms with Crippen molar-refractivity contribution in [1.82, 2.24) is 9.55 Å². The molecule has 82 valence electrons. The van der Waals surface area contributed by atoms with E-state index >= 15 is 0 Å². The molecule has 1 heterocycles. The largest absolute Gasteiger partial charge is 0.332 e. The molecule has 1 N–H and O–H groups in total. The number of hydrogen-bond acceptors (Lipinski definition) is 2. The molecule has 3 rings (SSSR count). The molecular formula is C11H9FN2OS. The first-order valence-corrected chi connectivity index (χ1v) is 5.52. The SMILES string of the molecule is O=c1c2cc(F)ccc2[nH]c(=S)n1C1CC1. The van der Waals surface area contributed by atoms with Crippen LogP contribution in [0.2, 0.25) is 0 Å². The van der Waals surface area contributed by atoms with E-state index in [0.29, 0.717) is 15.7 Å². The molecule has 2 aromatic rings. The quantitative estimate of drug-likeness (QED) is 0.773. The van der Waals surface area contributed by atoms with E-state index in [9.17, 15) is 9.18 Å². The highest BCUT2D eigenvalue weighted by molar-refractivity contribution is 7.71. The highest BCUT2D eigenvalue weighted by Crippen LogP contribution is 2.33. The van der Waals surface area contributed by atoms with Crippen LogP contribution in [0, 0.1) is 10.6 Å². The van der Waals surface area contributed by atoms with Gasteiger partial charge in [0.25, 0.3) is 5.56 Å². The van der Waals surface area contributed by atoms with Gasteiger partial charge in [-0.05, 0) is 43.3 Å². The standard InChI is InChI=1S/C11H9FN2OS/c12-6-1-4-9-8(5-6)10(15)14(7-2-3-7)11(16)13-9/h1,4-5,7H,2-3H2,(H,13,16). The predicted molar refractivity (Wildman–Crippen MR) is 61.6 cm³/mol. The van der Waals surface area contributed by atoms with Crippen LogP contribution in [0.1, 0.15) is 18.9 Å². The molecule has 0 amide bonds. The van der Waals surface area contributed by atoms with Crippen molar-refractivity contribution in [2.75, 3.05) is 0 Å². The highest BCUT2D eigenvalue weighted by Gasteiger charge is 2.26. The van der Waals surface area contributed by atoms with Crippen molar-refractivity contribution in [3.05, 3.63) is 39.1 Å². The summed E-state index contributed by atoms with van der Waals surface area (Å²) in [4.78, 5) is 15.1. The number of hydrogen-bond donors (Lipinski definition) is 1. The predicted octanol–water partition coefficient (Wildman–Crippen LogP) is 2.53. The first kappa shape index (κ1) is 9.72. The third kappa shape index (κ3) is 1.39. The number of aromatic amines is 1. The van der Waals surface area contributed by atoms with Gasteiger partial charge in [0, 0.05) is 6.04 Å². The number of halogens is 1. The molecular weight excluding hydrogens is 227 g/mol. The summed E-state index contributed by atoms with van der Waals surface area (Å²) in [5, 5.41) is 0.362. The maximum atomic E-state index is 13.1. The molecule has 0 bridgehead atoms. The van der Waals surface area contributed by atoms with Gasteiger partial charge in [-0.15, -0.1) is 0 Å². The van der Waals surface area contributed by atoms with Crippen LogP contribution in [0.3, 0.4) is 0 Å². The van der Waals surface area contributed by atoms with Crippen molar-refractivity contribution < 1.29 is 4.39 Å². The lowest BCUT2D eigenvalue weighted by Crippen LogP contribution is -2.21. The Hall–Kier alpha value is -1.49. The van der Waals surface area contributed by atoms with E-state index in [1.807, 2.05) is 0 Å². The molecule has 0 aliphatic heterocycles. The second kappa shape index (κ2) is 3.25. The van der Waals surface area contributed by atoms with E-state index in [4.69, 9.17) is 12.2 Å². The van der Waals surface area contributed by atoms with Gasteiger partial charge in [0.15, 0.2) is 4.77 Å². The first-order valence-electron chi connectivity index (χ1n) is 5.11. The average molecular weight is 236 g/mol. The zero-order valence-corrected chi connectivity index (χ0v) is 9.18. The van der Waals surface area contributed by atoms with E-state index in [0.717, 1.165) is 12.8 Å². The summed E-state index contributed by atoms with van der Waals surface area (Å²) in [5.41, 5.74) is 0.397. The van der Waals surface area contributed by atoms with Gasteiger partial charge in [-0.1, -0.05) is 0 Å². The number of rotatable bonds is 1. The number of nitrogens with zero attached hydrogens (tertiary/aromatic N) is 1. The Kier molecular flexibility index (Phi) is 1.97. The lowest BCUT2D eigenvalue weighted by Gasteiger charge is -2.06. The Morgan fingerprint density at radius 3 is 2.88 bits per heavy atom. The molecule has 5 heteroatoms. The van der Waals surface area contributed by atoms with Crippen molar-refractivity contribution in [3.63, 3.8) is 0 Å². The molecule has 1 aliphatic carbocycles. The summed E-state index contributed by atoms with van der Waals surface area (Å²) in [6.07, 6.45) is 1.94. The number of nitrogens with one attached hydrogen (secondary N) is 1. The summed E-state index contributed by atoms with van der Waals surface area (Å²) < 4.78 is 15.1. The van der Waals surface area contributed by atoms with E-state index < -0.39 is 5.82 Å². The lowest BCUT2D eigenvalue weighted by molar-refractivity contribution is 0.628. The van der Waals surface area contributed by atoms with Gasteiger partial charge in [-0.3, -0.25) is 9.36 Å². The minimum absolute atomic E-state index is 0.194. The van der Waals surface area contributed by atoms with E-state index in [-0.39, 0.29) is 11.6 Å². The molecule has 0 radical (unpaired) electrons. The topological polar surface area (TPSA) is 37.8 Å². The summed E-state index contributed by atoms with van der Waals surface area (Å²) in [6, 6.07) is 4.30. The molecule has 0 atom stereocenters. The fourth-order valence-corrected chi connectivity index (χ4v) is 2.21. The van der Waals surface area contributed by atoms with Gasteiger partial charge >= 0.3 is 0 Å². The van der Waals surface area contributed by atoms with Crippen LogP contribution in [0.15, 0.2) is 23.0 Å². The van der Waals surface area contributed by atoms with Gasteiger partial charge in [0.05, 0.1) is 10.9 Å². The molecule has 1 aromatic carbocycles. The monoisotopic (exact) mass is 236 g/mol. The Balaban J connectivity index is 2.45. The molecule has 3 nitrogen and oxygen atoms in total. The third-order valence-electron chi connectivity index (χ3n) is 2.80. The maximum Gasteiger partial charge on any atom is 0.262 e. The number of benzene rings is 1. The fourth-order valence-electron chi connectivity index (χ4n) is 1.86. The lowest BCUT2D eigenvalue weighted by atomic mass is 10.2. The molecule has 0 saturated heterocycles. The van der Waals surface area contributed by atoms with Crippen LogP contribution in [0.4, 0.5) is 4.39 Å². The van der Waals surface area contributed by atoms with Crippen molar-refractivity contribution in [3.8, 4) is 0 Å². The molecule has 1 aromatic heterocycles. The van der Waals surface area contributed by atoms with Crippen LogP contribution >= 0.6 is 12.2 Å². The summed E-state index contributed by atoms with van der Waals surface area (Å²) >= 11 is 5.13. The van der Waals surface area contributed by atoms with E-state index in [2.05, 4.69) is 4.98 Å². The smallest absolute Gasteiger partial charge is 0.262 e. The second-order valence-electron chi connectivity index (χ2n) is 4.03.